The zero-order valence-electron chi connectivity index (χ0n) is 19.2. The van der Waals surface area contributed by atoms with Gasteiger partial charge in [0.05, 0.1) is 28.7 Å². The molecule has 0 amide bonds. The smallest absolute Gasteiger partial charge is 0.295 e. The highest BCUT2D eigenvalue weighted by Gasteiger charge is 2.30. The lowest BCUT2D eigenvalue weighted by atomic mass is 9.96. The van der Waals surface area contributed by atoms with E-state index >= 15 is 0 Å². The Bertz CT molecular complexity index is 1410. The summed E-state index contributed by atoms with van der Waals surface area (Å²) >= 11 is 0. The Morgan fingerprint density at radius 3 is 2.47 bits per heavy atom. The molecule has 2 aliphatic heterocycles. The standard InChI is InChI=1S/C25H24N4O6S/c30-29(31)23-16-19(36(32,33)28-12-14-34-15-13-28)10-11-21(23)26-27-22-17-25(18-6-2-1-3-7-18)35-24-9-5-4-8-20(22)24/h1-11,16,25-26H,12-15,17H2/b27-22+. The lowest BCUT2D eigenvalue weighted by Crippen LogP contribution is -2.40. The van der Waals surface area contributed by atoms with E-state index in [9.17, 15) is 18.5 Å². The van der Waals surface area contributed by atoms with Crippen molar-refractivity contribution in [1.82, 2.24) is 4.31 Å². The first kappa shape index (κ1) is 23.9. The van der Waals surface area contributed by atoms with E-state index in [4.69, 9.17) is 9.47 Å². The monoisotopic (exact) mass is 508 g/mol. The maximum atomic E-state index is 13.0. The summed E-state index contributed by atoms with van der Waals surface area (Å²) in [5.41, 5.74) is 4.95. The van der Waals surface area contributed by atoms with Gasteiger partial charge in [-0.1, -0.05) is 42.5 Å². The maximum Gasteiger partial charge on any atom is 0.295 e. The number of morpholine rings is 1. The third kappa shape index (κ3) is 4.81. The molecule has 0 aromatic heterocycles. The van der Waals surface area contributed by atoms with Crippen molar-refractivity contribution in [1.29, 1.82) is 0 Å². The Kier molecular flexibility index (Phi) is 6.68. The molecular weight excluding hydrogens is 484 g/mol. The molecule has 36 heavy (non-hydrogen) atoms. The minimum absolute atomic E-state index is 0.0914. The molecule has 0 aliphatic carbocycles. The van der Waals surface area contributed by atoms with Crippen LogP contribution in [0.25, 0.3) is 0 Å². The lowest BCUT2D eigenvalue weighted by Gasteiger charge is -2.27. The second kappa shape index (κ2) is 10.1. The molecular formula is C25H24N4O6S. The predicted molar refractivity (Wildman–Crippen MR) is 134 cm³/mol. The average molecular weight is 509 g/mol. The van der Waals surface area contributed by atoms with E-state index < -0.39 is 14.9 Å². The highest BCUT2D eigenvalue weighted by molar-refractivity contribution is 7.89. The molecule has 1 N–H and O–H groups in total. The molecule has 1 saturated heterocycles. The third-order valence-corrected chi connectivity index (χ3v) is 8.00. The molecule has 5 rings (SSSR count). The van der Waals surface area contributed by atoms with Gasteiger partial charge in [0.2, 0.25) is 10.0 Å². The second-order valence-corrected chi connectivity index (χ2v) is 10.3. The number of anilines is 1. The van der Waals surface area contributed by atoms with Crippen molar-refractivity contribution in [3.63, 3.8) is 0 Å². The highest BCUT2D eigenvalue weighted by atomic mass is 32.2. The van der Waals surface area contributed by atoms with E-state index in [2.05, 4.69) is 10.5 Å². The Balaban J connectivity index is 1.45. The first-order valence-electron chi connectivity index (χ1n) is 11.4. The van der Waals surface area contributed by atoms with Crippen LogP contribution in [0.4, 0.5) is 11.4 Å². The van der Waals surface area contributed by atoms with Gasteiger partial charge in [0, 0.05) is 31.1 Å². The summed E-state index contributed by atoms with van der Waals surface area (Å²) < 4.78 is 38.6. The fraction of sp³-hybridized carbons (Fsp3) is 0.240. The topological polar surface area (TPSA) is 123 Å². The van der Waals surface area contributed by atoms with Crippen molar-refractivity contribution in [2.45, 2.75) is 17.4 Å². The molecule has 1 fully saturated rings. The van der Waals surface area contributed by atoms with E-state index in [-0.39, 0.29) is 48.7 Å². The van der Waals surface area contributed by atoms with Crippen molar-refractivity contribution in [2.75, 3.05) is 31.7 Å². The summed E-state index contributed by atoms with van der Waals surface area (Å²) in [6.07, 6.45) is 0.184. The number of benzene rings is 3. The number of ether oxygens (including phenoxy) is 2. The van der Waals surface area contributed by atoms with Crippen molar-refractivity contribution < 1.29 is 22.8 Å². The number of rotatable bonds is 6. The van der Waals surface area contributed by atoms with Crippen molar-refractivity contribution in [3.8, 4) is 5.75 Å². The molecule has 3 aromatic carbocycles. The highest BCUT2D eigenvalue weighted by Crippen LogP contribution is 2.36. The summed E-state index contributed by atoms with van der Waals surface area (Å²) in [4.78, 5) is 11.1. The first-order valence-corrected chi connectivity index (χ1v) is 12.9. The zero-order chi connectivity index (χ0) is 25.1. The second-order valence-electron chi connectivity index (χ2n) is 8.34. The molecule has 0 bridgehead atoms. The largest absolute Gasteiger partial charge is 0.485 e. The van der Waals surface area contributed by atoms with Gasteiger partial charge in [0.15, 0.2) is 0 Å². The molecule has 0 radical (unpaired) electrons. The van der Waals surface area contributed by atoms with Crippen LogP contribution in [0.5, 0.6) is 5.75 Å². The first-order chi connectivity index (χ1) is 17.4. The zero-order valence-corrected chi connectivity index (χ0v) is 20.1. The summed E-state index contributed by atoms with van der Waals surface area (Å²) in [5, 5.41) is 16.3. The van der Waals surface area contributed by atoms with Gasteiger partial charge in [-0.3, -0.25) is 15.5 Å². The van der Waals surface area contributed by atoms with Crippen molar-refractivity contribution >= 4 is 27.1 Å². The van der Waals surface area contributed by atoms with E-state index in [1.165, 1.54) is 16.4 Å². The van der Waals surface area contributed by atoms with Crippen LogP contribution in [0.2, 0.25) is 0 Å². The molecule has 11 heteroatoms. The number of fused-ring (bicyclic) bond motifs is 1. The van der Waals surface area contributed by atoms with Gasteiger partial charge in [0.25, 0.3) is 5.69 Å². The van der Waals surface area contributed by atoms with E-state index in [0.29, 0.717) is 17.9 Å². The molecule has 10 nitrogen and oxygen atoms in total. The average Bonchev–Trinajstić information content (AvgIpc) is 2.92. The number of nitro benzene ring substituents is 1. The number of nitrogens with zero attached hydrogens (tertiary/aromatic N) is 3. The Morgan fingerprint density at radius 2 is 1.72 bits per heavy atom. The van der Waals surface area contributed by atoms with Crippen LogP contribution >= 0.6 is 0 Å². The molecule has 2 aliphatic rings. The number of nitro groups is 1. The Morgan fingerprint density at radius 1 is 1.00 bits per heavy atom. The molecule has 186 valence electrons. The van der Waals surface area contributed by atoms with Gasteiger partial charge < -0.3 is 9.47 Å². The van der Waals surface area contributed by atoms with Gasteiger partial charge in [-0.15, -0.1) is 0 Å². The number of hydrogen-bond donors (Lipinski definition) is 1. The van der Waals surface area contributed by atoms with Gasteiger partial charge in [-0.25, -0.2) is 8.42 Å². The molecule has 3 aromatic rings. The molecule has 0 saturated carbocycles. The maximum absolute atomic E-state index is 13.0. The SMILES string of the molecule is O=[N+]([O-])c1cc(S(=O)(=O)N2CCOCC2)ccc1N/N=C1\CC(c2ccccc2)Oc2ccccc21. The van der Waals surface area contributed by atoms with Crippen molar-refractivity contribution in [3.05, 3.63) is 94.0 Å². The van der Waals surface area contributed by atoms with Crippen LogP contribution in [-0.2, 0) is 14.8 Å². The van der Waals surface area contributed by atoms with Crippen LogP contribution in [0, 0.1) is 10.1 Å². The Labute approximate surface area is 208 Å². The van der Waals surface area contributed by atoms with Crippen LogP contribution in [0.3, 0.4) is 0 Å². The molecule has 2 heterocycles. The molecule has 1 unspecified atom stereocenters. The minimum Gasteiger partial charge on any atom is -0.485 e. The van der Waals surface area contributed by atoms with Crippen LogP contribution < -0.4 is 10.2 Å². The van der Waals surface area contributed by atoms with Crippen LogP contribution in [0.15, 0.2) is 82.8 Å². The number of para-hydroxylation sites is 1. The molecule has 1 atom stereocenters. The van der Waals surface area contributed by atoms with Gasteiger partial charge >= 0.3 is 0 Å². The molecule has 0 spiro atoms. The number of sulfonamides is 1. The number of nitrogens with one attached hydrogen (secondary N) is 1. The van der Waals surface area contributed by atoms with Crippen LogP contribution in [0.1, 0.15) is 23.7 Å². The quantitative estimate of drug-likeness (QED) is 0.395. The summed E-state index contributed by atoms with van der Waals surface area (Å²) in [5.74, 6) is 0.666. The van der Waals surface area contributed by atoms with Gasteiger partial charge in [-0.2, -0.15) is 9.41 Å². The summed E-state index contributed by atoms with van der Waals surface area (Å²) in [6, 6.07) is 21.0. The van der Waals surface area contributed by atoms with Crippen LogP contribution in [-0.4, -0.2) is 49.7 Å². The van der Waals surface area contributed by atoms with E-state index in [1.807, 2.05) is 54.6 Å². The van der Waals surface area contributed by atoms with E-state index in [0.717, 1.165) is 17.2 Å². The fourth-order valence-electron chi connectivity index (χ4n) is 4.23. The van der Waals surface area contributed by atoms with E-state index in [1.54, 1.807) is 0 Å². The number of hydrogen-bond acceptors (Lipinski definition) is 8. The predicted octanol–water partition coefficient (Wildman–Crippen LogP) is 3.96. The summed E-state index contributed by atoms with van der Waals surface area (Å²) in [6.45, 7) is 0.975. The third-order valence-electron chi connectivity index (χ3n) is 6.10. The number of hydrazone groups is 1. The fourth-order valence-corrected chi connectivity index (χ4v) is 5.66. The minimum atomic E-state index is -3.88. The Hall–Kier alpha value is -3.80. The normalized spacial score (nSPS) is 19.3. The lowest BCUT2D eigenvalue weighted by molar-refractivity contribution is -0.384. The van der Waals surface area contributed by atoms with Gasteiger partial charge in [-0.05, 0) is 29.8 Å². The van der Waals surface area contributed by atoms with Crippen molar-refractivity contribution in [2.24, 2.45) is 5.10 Å². The van der Waals surface area contributed by atoms with Gasteiger partial charge in [0.1, 0.15) is 17.5 Å². The summed E-state index contributed by atoms with van der Waals surface area (Å²) in [7, 11) is -3.88.